The molecule has 0 amide bonds. The van der Waals surface area contributed by atoms with Crippen LogP contribution in [0.15, 0.2) is 48.5 Å². The third-order valence-corrected chi connectivity index (χ3v) is 5.62. The molecule has 1 aliphatic heterocycles. The lowest BCUT2D eigenvalue weighted by Gasteiger charge is -2.43. The van der Waals surface area contributed by atoms with Gasteiger partial charge in [-0.15, -0.1) is 0 Å². The highest BCUT2D eigenvalue weighted by Crippen LogP contribution is 2.28. The predicted octanol–water partition coefficient (Wildman–Crippen LogP) is 4.07. The first-order chi connectivity index (χ1) is 10.5. The SMILES string of the molecule is C[C@@H]1Cc2ccccc2C[N@@+]1(C)CC(=O)c1ccc(I)cc1. The largest absolute Gasteiger partial charge is 0.313 e. The molecule has 0 saturated carbocycles. The van der Waals surface area contributed by atoms with Crippen LogP contribution in [-0.2, 0) is 13.0 Å². The number of quaternary nitrogens is 1. The maximum atomic E-state index is 12.7. The number of rotatable bonds is 3. The molecular formula is C19H21INO+. The molecule has 1 heterocycles. The Bertz CT molecular complexity index is 695. The van der Waals surface area contributed by atoms with Gasteiger partial charge in [0.25, 0.3) is 0 Å². The van der Waals surface area contributed by atoms with Gasteiger partial charge >= 0.3 is 0 Å². The smallest absolute Gasteiger partial charge is 0.216 e. The number of ketones is 1. The fourth-order valence-electron chi connectivity index (χ4n) is 3.26. The molecule has 2 nitrogen and oxygen atoms in total. The minimum Gasteiger partial charge on any atom is -0.313 e. The van der Waals surface area contributed by atoms with E-state index in [1.54, 1.807) is 0 Å². The van der Waals surface area contributed by atoms with Gasteiger partial charge in [-0.05, 0) is 47.2 Å². The van der Waals surface area contributed by atoms with Crippen molar-refractivity contribution >= 4 is 28.4 Å². The molecule has 2 atom stereocenters. The van der Waals surface area contributed by atoms with E-state index in [0.29, 0.717) is 12.6 Å². The molecule has 0 radical (unpaired) electrons. The van der Waals surface area contributed by atoms with Crippen molar-refractivity contribution in [3.05, 3.63) is 68.8 Å². The number of halogens is 1. The van der Waals surface area contributed by atoms with Crippen LogP contribution < -0.4 is 0 Å². The zero-order chi connectivity index (χ0) is 15.7. The van der Waals surface area contributed by atoms with Gasteiger partial charge in [0, 0.05) is 21.1 Å². The van der Waals surface area contributed by atoms with Crippen molar-refractivity contribution in [2.45, 2.75) is 25.9 Å². The molecule has 0 aliphatic carbocycles. The number of hydrogen-bond acceptors (Lipinski definition) is 1. The second-order valence-electron chi connectivity index (χ2n) is 6.55. The van der Waals surface area contributed by atoms with Gasteiger partial charge in [0.15, 0.2) is 0 Å². The lowest BCUT2D eigenvalue weighted by Crippen LogP contribution is -2.56. The summed E-state index contributed by atoms with van der Waals surface area (Å²) >= 11 is 2.27. The van der Waals surface area contributed by atoms with E-state index in [1.807, 2.05) is 24.3 Å². The number of carbonyl (C=O) groups is 1. The number of fused-ring (bicyclic) bond motifs is 1. The molecule has 114 valence electrons. The third-order valence-electron chi connectivity index (χ3n) is 4.90. The van der Waals surface area contributed by atoms with Crippen LogP contribution in [0.4, 0.5) is 0 Å². The molecule has 0 fully saturated rings. The number of hydrogen-bond donors (Lipinski definition) is 0. The minimum atomic E-state index is 0.241. The normalized spacial score (nSPS) is 23.9. The van der Waals surface area contributed by atoms with Gasteiger partial charge in [-0.2, -0.15) is 0 Å². The fraction of sp³-hybridized carbons (Fsp3) is 0.316. The Kier molecular flexibility index (Phi) is 4.37. The Morgan fingerprint density at radius 2 is 1.77 bits per heavy atom. The first-order valence-electron chi connectivity index (χ1n) is 7.68. The zero-order valence-corrected chi connectivity index (χ0v) is 15.2. The van der Waals surface area contributed by atoms with Gasteiger partial charge in [-0.1, -0.05) is 36.4 Å². The molecule has 3 heteroatoms. The summed E-state index contributed by atoms with van der Waals surface area (Å²) in [7, 11) is 2.21. The number of likely N-dealkylation sites (N-methyl/N-ethyl adjacent to an activating group) is 1. The lowest BCUT2D eigenvalue weighted by molar-refractivity contribution is -0.938. The molecule has 0 bridgehead atoms. The van der Waals surface area contributed by atoms with E-state index in [2.05, 4.69) is 60.8 Å². The summed E-state index contributed by atoms with van der Waals surface area (Å²) in [6.07, 6.45) is 1.05. The topological polar surface area (TPSA) is 17.1 Å². The fourth-order valence-corrected chi connectivity index (χ4v) is 3.62. The van der Waals surface area contributed by atoms with Crippen LogP contribution >= 0.6 is 22.6 Å². The second kappa shape index (κ2) is 6.13. The van der Waals surface area contributed by atoms with Crippen molar-refractivity contribution in [2.24, 2.45) is 0 Å². The minimum absolute atomic E-state index is 0.241. The van der Waals surface area contributed by atoms with Gasteiger partial charge < -0.3 is 4.48 Å². The molecule has 0 unspecified atom stereocenters. The molecular weight excluding hydrogens is 385 g/mol. The van der Waals surface area contributed by atoms with Crippen LogP contribution in [-0.4, -0.2) is 29.9 Å². The van der Waals surface area contributed by atoms with E-state index in [-0.39, 0.29) is 5.78 Å². The number of benzene rings is 2. The van der Waals surface area contributed by atoms with Gasteiger partial charge in [0.1, 0.15) is 13.1 Å². The van der Waals surface area contributed by atoms with E-state index in [4.69, 9.17) is 0 Å². The van der Waals surface area contributed by atoms with Crippen LogP contribution in [0.2, 0.25) is 0 Å². The highest BCUT2D eigenvalue weighted by Gasteiger charge is 2.36. The van der Waals surface area contributed by atoms with Gasteiger partial charge in [0.2, 0.25) is 5.78 Å². The van der Waals surface area contributed by atoms with Crippen molar-refractivity contribution in [3.8, 4) is 0 Å². The molecule has 0 saturated heterocycles. The van der Waals surface area contributed by atoms with E-state index in [0.717, 1.165) is 26.6 Å². The summed E-state index contributed by atoms with van der Waals surface area (Å²) in [5, 5.41) is 0. The van der Waals surface area contributed by atoms with Crippen LogP contribution in [0.5, 0.6) is 0 Å². The summed E-state index contributed by atoms with van der Waals surface area (Å²) in [6, 6.07) is 17.0. The van der Waals surface area contributed by atoms with E-state index < -0.39 is 0 Å². The summed E-state index contributed by atoms with van der Waals surface area (Å²) in [4.78, 5) is 12.7. The Morgan fingerprint density at radius 1 is 1.14 bits per heavy atom. The predicted molar refractivity (Wildman–Crippen MR) is 97.9 cm³/mol. The molecule has 1 aliphatic rings. The van der Waals surface area contributed by atoms with Gasteiger partial charge in [0.05, 0.1) is 13.1 Å². The Labute approximate surface area is 145 Å². The molecule has 22 heavy (non-hydrogen) atoms. The first kappa shape index (κ1) is 15.7. The average Bonchev–Trinajstić information content (AvgIpc) is 2.49. The average molecular weight is 406 g/mol. The molecule has 2 aromatic carbocycles. The summed E-state index contributed by atoms with van der Waals surface area (Å²) in [5.41, 5.74) is 3.65. The summed E-state index contributed by atoms with van der Waals surface area (Å²) in [6.45, 7) is 3.76. The first-order valence-corrected chi connectivity index (χ1v) is 8.75. The zero-order valence-electron chi connectivity index (χ0n) is 13.1. The number of Topliss-reactive ketones (excluding diaryl/α,β-unsaturated/α-hetero) is 1. The van der Waals surface area contributed by atoms with Gasteiger partial charge in [-0.3, -0.25) is 4.79 Å². The maximum Gasteiger partial charge on any atom is 0.216 e. The van der Waals surface area contributed by atoms with Crippen molar-refractivity contribution in [1.82, 2.24) is 0 Å². The molecule has 3 rings (SSSR count). The Morgan fingerprint density at radius 3 is 2.45 bits per heavy atom. The Hall–Kier alpha value is -1.20. The highest BCUT2D eigenvalue weighted by atomic mass is 127. The van der Waals surface area contributed by atoms with E-state index in [1.165, 1.54) is 11.1 Å². The standard InChI is InChI=1S/C19H21INO/c1-14-11-16-5-3-4-6-17(16)12-21(14,2)13-19(22)15-7-9-18(20)10-8-15/h3-10,14H,11-13H2,1-2H3/q+1/t14-,21+/m1/s1. The maximum absolute atomic E-state index is 12.7. The molecule has 0 aromatic heterocycles. The van der Waals surface area contributed by atoms with Crippen LogP contribution in [0.1, 0.15) is 28.4 Å². The van der Waals surface area contributed by atoms with Crippen molar-refractivity contribution < 1.29 is 9.28 Å². The van der Waals surface area contributed by atoms with Crippen LogP contribution in [0, 0.1) is 3.57 Å². The quantitative estimate of drug-likeness (QED) is 0.427. The van der Waals surface area contributed by atoms with Crippen molar-refractivity contribution in [2.75, 3.05) is 13.6 Å². The van der Waals surface area contributed by atoms with Gasteiger partial charge in [-0.25, -0.2) is 0 Å². The van der Waals surface area contributed by atoms with Crippen LogP contribution in [0.3, 0.4) is 0 Å². The number of nitrogens with zero attached hydrogens (tertiary/aromatic N) is 1. The monoisotopic (exact) mass is 406 g/mol. The van der Waals surface area contributed by atoms with Crippen LogP contribution in [0.25, 0.3) is 0 Å². The molecule has 0 spiro atoms. The number of carbonyl (C=O) groups excluding carboxylic acids is 1. The highest BCUT2D eigenvalue weighted by molar-refractivity contribution is 14.1. The second-order valence-corrected chi connectivity index (χ2v) is 7.79. The van der Waals surface area contributed by atoms with E-state index in [9.17, 15) is 4.79 Å². The summed E-state index contributed by atoms with van der Waals surface area (Å²) in [5.74, 6) is 0.241. The van der Waals surface area contributed by atoms with E-state index >= 15 is 0 Å². The third kappa shape index (κ3) is 3.10. The summed E-state index contributed by atoms with van der Waals surface area (Å²) < 4.78 is 1.96. The lowest BCUT2D eigenvalue weighted by atomic mass is 9.92. The van der Waals surface area contributed by atoms with Crippen molar-refractivity contribution in [1.29, 1.82) is 0 Å². The Balaban J connectivity index is 1.82. The molecule has 0 N–H and O–H groups in total. The van der Waals surface area contributed by atoms with Crippen molar-refractivity contribution in [3.63, 3.8) is 0 Å². The molecule has 2 aromatic rings.